The van der Waals surface area contributed by atoms with E-state index in [1.807, 2.05) is 6.92 Å². The number of methoxy groups -OCH3 is 1. The van der Waals surface area contributed by atoms with Gasteiger partial charge in [0.2, 0.25) is 0 Å². The quantitative estimate of drug-likeness (QED) is 0.259. The molecular formula is C23H23N3O6S3. The van der Waals surface area contributed by atoms with Crippen molar-refractivity contribution in [2.45, 2.75) is 30.6 Å². The molecule has 12 heteroatoms. The molecule has 2 aliphatic heterocycles. The highest BCUT2D eigenvalue weighted by atomic mass is 32.2. The third kappa shape index (κ3) is 4.48. The number of hydrogen-bond donors (Lipinski definition) is 1. The molecule has 2 aromatic carbocycles. The van der Waals surface area contributed by atoms with Crippen LogP contribution in [0.2, 0.25) is 0 Å². The minimum Gasteiger partial charge on any atom is -0.493 e. The molecule has 1 saturated heterocycles. The number of anilines is 1. The molecular weight excluding hydrogens is 510 g/mol. The van der Waals surface area contributed by atoms with Crippen LogP contribution in [-0.4, -0.2) is 55.3 Å². The summed E-state index contributed by atoms with van der Waals surface area (Å²) in [5, 5.41) is 3.57. The lowest BCUT2D eigenvalue weighted by Crippen LogP contribution is -2.56. The van der Waals surface area contributed by atoms with E-state index in [9.17, 15) is 18.0 Å². The Morgan fingerprint density at radius 3 is 2.14 bits per heavy atom. The lowest BCUT2D eigenvalue weighted by Gasteiger charge is -2.35. The first-order valence-corrected chi connectivity index (χ1v) is 13.3. The van der Waals surface area contributed by atoms with Gasteiger partial charge in [-0.2, -0.15) is 8.42 Å². The molecule has 0 bridgehead atoms. The van der Waals surface area contributed by atoms with Crippen molar-refractivity contribution in [1.82, 2.24) is 9.80 Å². The molecule has 35 heavy (non-hydrogen) atoms. The minimum absolute atomic E-state index is 0.00414. The monoisotopic (exact) mass is 533 g/mol. The molecule has 1 fully saturated rings. The summed E-state index contributed by atoms with van der Waals surface area (Å²) in [4.78, 5) is 29.6. The zero-order chi connectivity index (χ0) is 25.5. The number of carbonyl (C=O) groups excluding carboxylic acids is 2. The number of nitrogens with zero attached hydrogens (tertiary/aromatic N) is 2. The molecule has 0 saturated carbocycles. The third-order valence-corrected chi connectivity index (χ3v) is 8.23. The average molecular weight is 534 g/mol. The van der Waals surface area contributed by atoms with Gasteiger partial charge in [0.1, 0.15) is 10.5 Å². The van der Waals surface area contributed by atoms with E-state index in [1.54, 1.807) is 32.0 Å². The highest BCUT2D eigenvalue weighted by Crippen LogP contribution is 2.48. The van der Waals surface area contributed by atoms with Crippen LogP contribution in [0.25, 0.3) is 0 Å². The number of amides is 2. The number of ether oxygens (including phenoxy) is 1. The second-order valence-electron chi connectivity index (χ2n) is 7.66. The van der Waals surface area contributed by atoms with Gasteiger partial charge in [0, 0.05) is 30.1 Å². The maximum atomic E-state index is 13.1. The molecule has 0 atom stereocenters. The van der Waals surface area contributed by atoms with Crippen molar-refractivity contribution < 1.29 is 26.9 Å². The molecule has 2 amide bonds. The molecule has 0 aromatic heterocycles. The van der Waals surface area contributed by atoms with Gasteiger partial charge in [-0.05, 0) is 45.1 Å². The van der Waals surface area contributed by atoms with Crippen LogP contribution < -0.4 is 14.2 Å². The maximum Gasteiger partial charge on any atom is 0.339 e. The fraction of sp³-hybridized carbons (Fsp3) is 0.261. The summed E-state index contributed by atoms with van der Waals surface area (Å²) in [6, 6.07) is 9.34. The number of aryl methyl sites for hydroxylation is 1. The number of thiocarbonyl (C=S) groups is 1. The van der Waals surface area contributed by atoms with E-state index < -0.39 is 21.9 Å². The van der Waals surface area contributed by atoms with Gasteiger partial charge < -0.3 is 14.2 Å². The highest BCUT2D eigenvalue weighted by molar-refractivity contribution is 8.03. The predicted molar refractivity (Wildman–Crippen MR) is 136 cm³/mol. The van der Waals surface area contributed by atoms with Crippen LogP contribution in [-0.2, 0) is 19.7 Å². The summed E-state index contributed by atoms with van der Waals surface area (Å²) in [6.45, 7) is 6.05. The first-order chi connectivity index (χ1) is 16.6. The third-order valence-electron chi connectivity index (χ3n) is 5.47. The molecule has 1 N–H and O–H groups in total. The molecule has 0 aliphatic carbocycles. The lowest BCUT2D eigenvalue weighted by molar-refractivity contribution is -0.133. The van der Waals surface area contributed by atoms with Gasteiger partial charge in [0.05, 0.1) is 17.8 Å². The Balaban J connectivity index is 1.71. The van der Waals surface area contributed by atoms with E-state index in [0.717, 1.165) is 5.56 Å². The van der Waals surface area contributed by atoms with Crippen LogP contribution in [0.4, 0.5) is 5.69 Å². The molecule has 2 heterocycles. The number of rotatable bonds is 6. The van der Waals surface area contributed by atoms with Crippen molar-refractivity contribution in [2.75, 3.05) is 25.5 Å². The van der Waals surface area contributed by atoms with E-state index >= 15 is 0 Å². The van der Waals surface area contributed by atoms with Crippen LogP contribution in [0.1, 0.15) is 19.4 Å². The molecule has 2 aliphatic rings. The molecule has 0 spiro atoms. The second-order valence-corrected chi connectivity index (χ2v) is 10.6. The van der Waals surface area contributed by atoms with Crippen LogP contribution in [0.15, 0.2) is 56.8 Å². The molecule has 184 valence electrons. The zero-order valence-corrected chi connectivity index (χ0v) is 21.9. The summed E-state index contributed by atoms with van der Waals surface area (Å²) < 4.78 is 36.4. The SMILES string of the molecule is CCN1C(=O)C(=C2Nc3cc(OS(=O)(=O)c4ccc(C)cc4)c(OC)cc3S2)C(=O)N(CC)C1=S. The predicted octanol–water partition coefficient (Wildman–Crippen LogP) is 3.50. The second kappa shape index (κ2) is 9.51. The topological polar surface area (TPSA) is 105 Å². The van der Waals surface area contributed by atoms with Crippen LogP contribution >= 0.6 is 24.0 Å². The van der Waals surface area contributed by atoms with Crippen molar-refractivity contribution in [3.8, 4) is 11.5 Å². The fourth-order valence-corrected chi connectivity index (χ4v) is 6.02. The standard InChI is InChI=1S/C23H23N3O6S3/c1-5-25-21(27)19(22(28)26(6-2)23(25)33)20-24-15-11-17(16(31-4)12-18(15)34-20)32-35(29,30)14-9-7-13(3)8-10-14/h7-12,24H,5-6H2,1-4H3. The van der Waals surface area contributed by atoms with E-state index in [2.05, 4.69) is 5.32 Å². The zero-order valence-electron chi connectivity index (χ0n) is 19.4. The van der Waals surface area contributed by atoms with E-state index in [4.69, 9.17) is 21.1 Å². The summed E-state index contributed by atoms with van der Waals surface area (Å²) in [7, 11) is -2.73. The number of likely N-dealkylation sites (N-methyl/N-ethyl adjacent to an activating group) is 2. The minimum atomic E-state index is -4.12. The average Bonchev–Trinajstić information content (AvgIpc) is 3.21. The van der Waals surface area contributed by atoms with Crippen LogP contribution in [0.5, 0.6) is 11.5 Å². The summed E-state index contributed by atoms with van der Waals surface area (Å²) in [5.74, 6) is -0.812. The Morgan fingerprint density at radius 1 is 1.00 bits per heavy atom. The molecule has 0 radical (unpaired) electrons. The summed E-state index contributed by atoms with van der Waals surface area (Å²) >= 11 is 6.49. The Morgan fingerprint density at radius 2 is 1.60 bits per heavy atom. The van der Waals surface area contributed by atoms with Gasteiger partial charge in [-0.25, -0.2) is 0 Å². The lowest BCUT2D eigenvalue weighted by atomic mass is 10.1. The maximum absolute atomic E-state index is 13.1. The van der Waals surface area contributed by atoms with Crippen LogP contribution in [0.3, 0.4) is 0 Å². The van der Waals surface area contributed by atoms with Crippen molar-refractivity contribution in [1.29, 1.82) is 0 Å². The summed E-state index contributed by atoms with van der Waals surface area (Å²) in [6.07, 6.45) is 0. The number of nitrogens with one attached hydrogen (secondary N) is 1. The number of fused-ring (bicyclic) bond motifs is 1. The van der Waals surface area contributed by atoms with Crippen molar-refractivity contribution in [2.24, 2.45) is 0 Å². The highest BCUT2D eigenvalue weighted by Gasteiger charge is 2.41. The van der Waals surface area contributed by atoms with Crippen molar-refractivity contribution in [3.63, 3.8) is 0 Å². The van der Waals surface area contributed by atoms with Gasteiger partial charge in [0.25, 0.3) is 11.8 Å². The first kappa shape index (κ1) is 25.0. The largest absolute Gasteiger partial charge is 0.493 e. The summed E-state index contributed by atoms with van der Waals surface area (Å²) in [5.41, 5.74) is 1.36. The van der Waals surface area contributed by atoms with Gasteiger partial charge >= 0.3 is 10.1 Å². The first-order valence-electron chi connectivity index (χ1n) is 10.7. The van der Waals surface area contributed by atoms with Gasteiger partial charge in [0.15, 0.2) is 16.6 Å². The smallest absolute Gasteiger partial charge is 0.339 e. The van der Waals surface area contributed by atoms with E-state index in [-0.39, 0.29) is 27.1 Å². The van der Waals surface area contributed by atoms with E-state index in [0.29, 0.717) is 28.7 Å². The van der Waals surface area contributed by atoms with Gasteiger partial charge in [-0.1, -0.05) is 29.5 Å². The Kier molecular flexibility index (Phi) is 6.80. The Hall–Kier alpha value is -3.09. The van der Waals surface area contributed by atoms with E-state index in [1.165, 1.54) is 46.9 Å². The van der Waals surface area contributed by atoms with Crippen molar-refractivity contribution in [3.05, 3.63) is 52.6 Å². The molecule has 0 unspecified atom stereocenters. The fourth-order valence-electron chi connectivity index (χ4n) is 3.62. The number of hydrogen-bond acceptors (Lipinski definition) is 9. The number of benzene rings is 2. The molecule has 9 nitrogen and oxygen atoms in total. The normalized spacial score (nSPS) is 15.9. The van der Waals surface area contributed by atoms with Gasteiger partial charge in [-0.3, -0.25) is 19.4 Å². The Bertz CT molecular complexity index is 1340. The molecule has 4 rings (SSSR count). The van der Waals surface area contributed by atoms with Crippen molar-refractivity contribution >= 4 is 56.7 Å². The molecule has 2 aromatic rings. The number of thioether (sulfide) groups is 1. The van der Waals surface area contributed by atoms with Gasteiger partial charge in [-0.15, -0.1) is 0 Å². The Labute approximate surface area is 213 Å². The number of carbonyl (C=O) groups is 2. The van der Waals surface area contributed by atoms with Crippen LogP contribution in [0, 0.1) is 6.92 Å².